The molecule has 1 aliphatic rings. The normalized spacial score (nSPS) is 13.6. The van der Waals surface area contributed by atoms with E-state index in [-0.39, 0.29) is 5.41 Å². The Kier molecular flexibility index (Phi) is 4.80. The van der Waals surface area contributed by atoms with E-state index in [4.69, 9.17) is 0 Å². The Morgan fingerprint density at radius 3 is 1.90 bits per heavy atom. The van der Waals surface area contributed by atoms with Crippen molar-refractivity contribution >= 4 is 59.3 Å². The molecule has 0 atom stereocenters. The largest absolute Gasteiger partial charge is 0.310 e. The highest BCUT2D eigenvalue weighted by Crippen LogP contribution is 2.57. The molecule has 0 bridgehead atoms. The van der Waals surface area contributed by atoms with Crippen molar-refractivity contribution in [1.29, 1.82) is 0 Å². The van der Waals surface area contributed by atoms with E-state index in [1.807, 2.05) is 11.3 Å². The highest BCUT2D eigenvalue weighted by atomic mass is 32.1. The molecule has 6 aromatic carbocycles. The number of benzene rings is 6. The summed E-state index contributed by atoms with van der Waals surface area (Å²) >= 11 is 1.93. The molecule has 0 spiro atoms. The Hall–Kier alpha value is -4.40. The third-order valence-corrected chi connectivity index (χ3v) is 9.58. The van der Waals surface area contributed by atoms with Crippen LogP contribution in [0, 0.1) is 0 Å². The number of rotatable bonds is 3. The van der Waals surface area contributed by atoms with Crippen molar-refractivity contribution in [3.05, 3.63) is 139 Å². The summed E-state index contributed by atoms with van der Waals surface area (Å²) in [5.74, 6) is 0. The van der Waals surface area contributed by atoms with E-state index < -0.39 is 0 Å². The van der Waals surface area contributed by atoms with Crippen molar-refractivity contribution in [2.75, 3.05) is 4.90 Å². The van der Waals surface area contributed by atoms with E-state index in [0.717, 1.165) is 11.4 Å². The maximum Gasteiger partial charge on any atom is 0.0476 e. The van der Waals surface area contributed by atoms with E-state index in [9.17, 15) is 0 Å². The number of fused-ring (bicyclic) bond motifs is 10. The fourth-order valence-corrected chi connectivity index (χ4v) is 7.99. The number of anilines is 3. The van der Waals surface area contributed by atoms with E-state index in [1.165, 1.54) is 58.9 Å². The number of hydrogen-bond acceptors (Lipinski definition) is 2. The molecule has 186 valence electrons. The lowest BCUT2D eigenvalue weighted by Gasteiger charge is -2.25. The zero-order valence-corrected chi connectivity index (χ0v) is 22.8. The smallest absolute Gasteiger partial charge is 0.0476 e. The zero-order valence-electron chi connectivity index (χ0n) is 22.0. The van der Waals surface area contributed by atoms with Crippen LogP contribution in [0.5, 0.6) is 0 Å². The van der Waals surface area contributed by atoms with Gasteiger partial charge in [-0.3, -0.25) is 0 Å². The van der Waals surface area contributed by atoms with Gasteiger partial charge in [0.05, 0.1) is 0 Å². The first kappa shape index (κ1) is 22.6. The first-order valence-corrected chi connectivity index (χ1v) is 14.4. The Morgan fingerprint density at radius 2 is 1.18 bits per heavy atom. The minimum atomic E-state index is -0.0685. The minimum absolute atomic E-state index is 0.0685. The molecule has 7 aromatic rings. The molecular formula is C37H27NS. The monoisotopic (exact) mass is 517 g/mol. The first-order valence-electron chi connectivity index (χ1n) is 13.5. The molecule has 0 aliphatic heterocycles. The molecule has 1 heterocycles. The van der Waals surface area contributed by atoms with Crippen LogP contribution in [0.1, 0.15) is 25.0 Å². The van der Waals surface area contributed by atoms with Crippen LogP contribution < -0.4 is 4.90 Å². The minimum Gasteiger partial charge on any atom is -0.310 e. The van der Waals surface area contributed by atoms with Crippen LogP contribution in [-0.4, -0.2) is 0 Å². The van der Waals surface area contributed by atoms with Crippen molar-refractivity contribution in [2.45, 2.75) is 19.3 Å². The molecule has 0 amide bonds. The summed E-state index contributed by atoms with van der Waals surface area (Å²) in [5.41, 5.74) is 9.12. The average molecular weight is 518 g/mol. The van der Waals surface area contributed by atoms with Crippen LogP contribution in [0.25, 0.3) is 42.1 Å². The molecule has 0 radical (unpaired) electrons. The molecule has 1 aromatic heterocycles. The van der Waals surface area contributed by atoms with E-state index >= 15 is 0 Å². The van der Waals surface area contributed by atoms with Gasteiger partial charge in [-0.05, 0) is 64.0 Å². The number of hydrogen-bond donors (Lipinski definition) is 0. The van der Waals surface area contributed by atoms with Gasteiger partial charge < -0.3 is 4.90 Å². The van der Waals surface area contributed by atoms with Gasteiger partial charge >= 0.3 is 0 Å². The molecule has 8 rings (SSSR count). The molecule has 39 heavy (non-hydrogen) atoms. The second-order valence-electron chi connectivity index (χ2n) is 11.0. The van der Waals surface area contributed by atoms with Crippen molar-refractivity contribution in [3.8, 4) is 11.1 Å². The highest BCUT2D eigenvalue weighted by Gasteiger charge is 2.39. The molecule has 0 saturated heterocycles. The second-order valence-corrected chi connectivity index (χ2v) is 12.0. The fourth-order valence-electron chi connectivity index (χ4n) is 6.71. The summed E-state index contributed by atoms with van der Waals surface area (Å²) in [5, 5.41) is 5.48. The molecule has 0 N–H and O–H groups in total. The van der Waals surface area contributed by atoms with E-state index in [1.54, 1.807) is 0 Å². The van der Waals surface area contributed by atoms with E-state index in [0.29, 0.717) is 0 Å². The van der Waals surface area contributed by atoms with Crippen LogP contribution in [0.15, 0.2) is 127 Å². The molecule has 1 aliphatic carbocycles. The van der Waals surface area contributed by atoms with Gasteiger partial charge in [0.15, 0.2) is 0 Å². The predicted molar refractivity (Wildman–Crippen MR) is 169 cm³/mol. The SMILES string of the molecule is CC1(C)c2ccccc2-c2c1c1c3ccc(N(c4ccccc4)c4ccccc4)cc3sc1c1ccccc21. The van der Waals surface area contributed by atoms with Gasteiger partial charge in [0.1, 0.15) is 0 Å². The van der Waals surface area contributed by atoms with Crippen molar-refractivity contribution < 1.29 is 0 Å². The molecule has 1 nitrogen and oxygen atoms in total. The molecule has 0 saturated carbocycles. The average Bonchev–Trinajstić information content (AvgIpc) is 3.47. The lowest BCUT2D eigenvalue weighted by molar-refractivity contribution is 0.667. The Morgan fingerprint density at radius 1 is 0.564 bits per heavy atom. The van der Waals surface area contributed by atoms with Gasteiger partial charge in [0.2, 0.25) is 0 Å². The maximum atomic E-state index is 2.40. The van der Waals surface area contributed by atoms with Crippen LogP contribution >= 0.6 is 11.3 Å². The van der Waals surface area contributed by atoms with Crippen LogP contribution in [-0.2, 0) is 5.41 Å². The van der Waals surface area contributed by atoms with Crippen molar-refractivity contribution in [1.82, 2.24) is 0 Å². The lowest BCUT2D eigenvalue weighted by atomic mass is 9.80. The topological polar surface area (TPSA) is 3.24 Å². The Labute approximate surface area is 232 Å². The number of nitrogens with zero attached hydrogens (tertiary/aromatic N) is 1. The van der Waals surface area contributed by atoms with Gasteiger partial charge in [0, 0.05) is 48.0 Å². The quantitative estimate of drug-likeness (QED) is 0.225. The molecule has 2 heteroatoms. The number of para-hydroxylation sites is 2. The third kappa shape index (κ3) is 3.19. The van der Waals surface area contributed by atoms with Crippen LogP contribution in [0.4, 0.5) is 17.1 Å². The van der Waals surface area contributed by atoms with Crippen LogP contribution in [0.3, 0.4) is 0 Å². The van der Waals surface area contributed by atoms with Gasteiger partial charge in [-0.25, -0.2) is 0 Å². The van der Waals surface area contributed by atoms with Crippen molar-refractivity contribution in [3.63, 3.8) is 0 Å². The summed E-state index contributed by atoms with van der Waals surface area (Å²) in [7, 11) is 0. The number of thiophene rings is 1. The zero-order chi connectivity index (χ0) is 26.1. The Balaban J connectivity index is 1.45. The van der Waals surface area contributed by atoms with E-state index in [2.05, 4.69) is 146 Å². The van der Waals surface area contributed by atoms with Gasteiger partial charge in [-0.2, -0.15) is 0 Å². The first-order chi connectivity index (χ1) is 19.1. The fraction of sp³-hybridized carbons (Fsp3) is 0.0811. The van der Waals surface area contributed by atoms with Gasteiger partial charge in [-0.15, -0.1) is 11.3 Å². The molecule has 0 unspecified atom stereocenters. The van der Waals surface area contributed by atoms with Gasteiger partial charge in [-0.1, -0.05) is 105 Å². The van der Waals surface area contributed by atoms with Gasteiger partial charge in [0.25, 0.3) is 0 Å². The lowest BCUT2D eigenvalue weighted by Crippen LogP contribution is -2.15. The highest BCUT2D eigenvalue weighted by molar-refractivity contribution is 7.26. The van der Waals surface area contributed by atoms with Crippen molar-refractivity contribution in [2.24, 2.45) is 0 Å². The summed E-state index contributed by atoms with van der Waals surface area (Å²) < 4.78 is 2.72. The van der Waals surface area contributed by atoms with Crippen LogP contribution in [0.2, 0.25) is 0 Å². The summed E-state index contributed by atoms with van der Waals surface area (Å²) in [6, 6.07) is 46.4. The standard InChI is InChI=1S/C37H27NS/c1-37(2)31-20-12-11-19-29(31)33-27-17-9-10-18-28(27)36-34(35(33)37)30-22-21-26(23-32(30)39-36)38(24-13-5-3-6-14-24)25-15-7-4-8-16-25/h3-23H,1-2H3. The second kappa shape index (κ2) is 8.30. The summed E-state index contributed by atoms with van der Waals surface area (Å²) in [4.78, 5) is 2.35. The third-order valence-electron chi connectivity index (χ3n) is 8.40. The molecule has 0 fully saturated rings. The predicted octanol–water partition coefficient (Wildman–Crippen LogP) is 11.0. The molecular weight excluding hydrogens is 490 g/mol. The Bertz CT molecular complexity index is 1990. The summed E-state index contributed by atoms with van der Waals surface area (Å²) in [6.45, 7) is 4.80. The summed E-state index contributed by atoms with van der Waals surface area (Å²) in [6.07, 6.45) is 0. The maximum absolute atomic E-state index is 2.40.